The van der Waals surface area contributed by atoms with Gasteiger partial charge in [0.05, 0.1) is 0 Å². The molecule has 3 nitrogen and oxygen atoms in total. The van der Waals surface area contributed by atoms with Gasteiger partial charge in [0.15, 0.2) is 0 Å². The third-order valence-electron chi connectivity index (χ3n) is 3.27. The van der Waals surface area contributed by atoms with Gasteiger partial charge in [-0.15, -0.1) is 0 Å². The highest BCUT2D eigenvalue weighted by Gasteiger charge is 2.21. The maximum atomic E-state index is 5.78. The van der Waals surface area contributed by atoms with Gasteiger partial charge in [-0.3, -0.25) is 0 Å². The molecule has 1 atom stereocenters. The van der Waals surface area contributed by atoms with Crippen LogP contribution in [0.4, 0.5) is 5.69 Å². The molecule has 0 amide bonds. The fourth-order valence-electron chi connectivity index (χ4n) is 2.40. The zero-order valence-corrected chi connectivity index (χ0v) is 9.71. The Bertz CT molecular complexity index is 349. The maximum absolute atomic E-state index is 5.78. The van der Waals surface area contributed by atoms with Gasteiger partial charge in [-0.1, -0.05) is 6.07 Å². The van der Waals surface area contributed by atoms with Crippen molar-refractivity contribution in [2.45, 2.75) is 31.7 Å². The third kappa shape index (κ3) is 2.54. The number of fused-ring (bicyclic) bond motifs is 1. The van der Waals surface area contributed by atoms with Crippen LogP contribution in [-0.2, 0) is 6.42 Å². The topological polar surface area (TPSA) is 64.1 Å². The number of nitrogen functional groups attached to an aromatic ring is 1. The molecule has 88 valence electrons. The Hall–Kier alpha value is -1.06. The van der Waals surface area contributed by atoms with Crippen LogP contribution in [0.25, 0.3) is 0 Å². The molecule has 1 aliphatic carbocycles. The summed E-state index contributed by atoms with van der Waals surface area (Å²) in [6.07, 6.45) is 4.61. The minimum atomic E-state index is 0.522. The van der Waals surface area contributed by atoms with Gasteiger partial charge in [-0.2, -0.15) is 0 Å². The predicted molar refractivity (Wildman–Crippen MR) is 68.2 cm³/mol. The predicted octanol–water partition coefficient (Wildman–Crippen LogP) is 1.58. The van der Waals surface area contributed by atoms with Crippen LogP contribution in [0.2, 0.25) is 0 Å². The van der Waals surface area contributed by atoms with Gasteiger partial charge >= 0.3 is 0 Å². The smallest absolute Gasteiger partial charge is 0.0326 e. The summed E-state index contributed by atoms with van der Waals surface area (Å²) in [5, 5.41) is 3.60. The fraction of sp³-hybridized carbons (Fsp3) is 0.538. The largest absolute Gasteiger partial charge is 0.399 e. The molecule has 1 unspecified atom stereocenters. The Morgan fingerprint density at radius 3 is 3.00 bits per heavy atom. The molecule has 0 heterocycles. The molecule has 1 aromatic carbocycles. The Morgan fingerprint density at radius 1 is 1.31 bits per heavy atom. The standard InChI is InChI=1S/C13H21N3/c14-7-1-2-8-16-13-6-3-10-9-11(15)4-5-12(10)13/h4-5,9,13,16H,1-3,6-8,14-15H2. The molecule has 2 rings (SSSR count). The Kier molecular flexibility index (Phi) is 3.80. The van der Waals surface area contributed by atoms with E-state index in [1.165, 1.54) is 17.5 Å². The van der Waals surface area contributed by atoms with E-state index in [-0.39, 0.29) is 0 Å². The van der Waals surface area contributed by atoms with E-state index < -0.39 is 0 Å². The average Bonchev–Trinajstić information content (AvgIpc) is 2.67. The number of aryl methyl sites for hydroxylation is 1. The van der Waals surface area contributed by atoms with Crippen molar-refractivity contribution in [2.75, 3.05) is 18.8 Å². The molecule has 0 bridgehead atoms. The third-order valence-corrected chi connectivity index (χ3v) is 3.27. The van der Waals surface area contributed by atoms with Crippen LogP contribution in [0.5, 0.6) is 0 Å². The Morgan fingerprint density at radius 2 is 2.19 bits per heavy atom. The molecule has 3 heteroatoms. The lowest BCUT2D eigenvalue weighted by atomic mass is 10.1. The van der Waals surface area contributed by atoms with Crippen LogP contribution in [0, 0.1) is 0 Å². The molecule has 5 N–H and O–H groups in total. The first-order chi connectivity index (χ1) is 7.81. The van der Waals surface area contributed by atoms with Gasteiger partial charge in [0.25, 0.3) is 0 Å². The number of unbranched alkanes of at least 4 members (excludes halogenated alkanes) is 1. The van der Waals surface area contributed by atoms with Gasteiger partial charge in [-0.05, 0) is 62.0 Å². The van der Waals surface area contributed by atoms with E-state index in [2.05, 4.69) is 17.4 Å². The van der Waals surface area contributed by atoms with E-state index in [1.54, 1.807) is 0 Å². The van der Waals surface area contributed by atoms with Crippen LogP contribution in [-0.4, -0.2) is 13.1 Å². The molecule has 1 aliphatic rings. The molecular weight excluding hydrogens is 198 g/mol. The molecule has 0 aliphatic heterocycles. The van der Waals surface area contributed by atoms with Crippen LogP contribution in [0.15, 0.2) is 18.2 Å². The highest BCUT2D eigenvalue weighted by molar-refractivity contribution is 5.47. The monoisotopic (exact) mass is 219 g/mol. The van der Waals surface area contributed by atoms with Gasteiger partial charge < -0.3 is 16.8 Å². The van der Waals surface area contributed by atoms with Crippen molar-refractivity contribution in [1.29, 1.82) is 0 Å². The van der Waals surface area contributed by atoms with Crippen molar-refractivity contribution in [3.63, 3.8) is 0 Å². The van der Waals surface area contributed by atoms with Gasteiger partial charge in [0.1, 0.15) is 0 Å². The summed E-state index contributed by atoms with van der Waals surface area (Å²) in [7, 11) is 0. The van der Waals surface area contributed by atoms with E-state index >= 15 is 0 Å². The maximum Gasteiger partial charge on any atom is 0.0326 e. The van der Waals surface area contributed by atoms with E-state index in [4.69, 9.17) is 11.5 Å². The number of anilines is 1. The number of nitrogens with one attached hydrogen (secondary N) is 1. The summed E-state index contributed by atoms with van der Waals surface area (Å²) < 4.78 is 0. The lowest BCUT2D eigenvalue weighted by molar-refractivity contribution is 0.514. The minimum absolute atomic E-state index is 0.522. The molecular formula is C13H21N3. The SMILES string of the molecule is NCCCCNC1CCc2cc(N)ccc21. The molecule has 0 aromatic heterocycles. The van der Waals surface area contributed by atoms with E-state index in [0.717, 1.165) is 38.0 Å². The van der Waals surface area contributed by atoms with Gasteiger partial charge in [0.2, 0.25) is 0 Å². The van der Waals surface area contributed by atoms with E-state index in [9.17, 15) is 0 Å². The highest BCUT2D eigenvalue weighted by Crippen LogP contribution is 2.32. The van der Waals surface area contributed by atoms with Crippen molar-refractivity contribution < 1.29 is 0 Å². The second-order valence-electron chi connectivity index (χ2n) is 4.50. The normalized spacial score (nSPS) is 18.7. The quantitative estimate of drug-likeness (QED) is 0.520. The Labute approximate surface area is 97.2 Å². The summed E-state index contributed by atoms with van der Waals surface area (Å²) in [6.45, 7) is 1.85. The molecule has 0 saturated carbocycles. The summed E-state index contributed by atoms with van der Waals surface area (Å²) in [5.41, 5.74) is 15.0. The number of benzene rings is 1. The summed E-state index contributed by atoms with van der Waals surface area (Å²) in [4.78, 5) is 0. The van der Waals surface area contributed by atoms with Crippen LogP contribution < -0.4 is 16.8 Å². The number of hydrogen-bond acceptors (Lipinski definition) is 3. The van der Waals surface area contributed by atoms with Crippen molar-refractivity contribution in [3.8, 4) is 0 Å². The van der Waals surface area contributed by atoms with Crippen molar-refractivity contribution in [2.24, 2.45) is 5.73 Å². The van der Waals surface area contributed by atoms with Crippen molar-refractivity contribution in [3.05, 3.63) is 29.3 Å². The molecule has 0 fully saturated rings. The molecule has 16 heavy (non-hydrogen) atoms. The molecule has 0 radical (unpaired) electrons. The first-order valence-corrected chi connectivity index (χ1v) is 6.13. The van der Waals surface area contributed by atoms with E-state index in [0.29, 0.717) is 6.04 Å². The minimum Gasteiger partial charge on any atom is -0.399 e. The average molecular weight is 219 g/mol. The van der Waals surface area contributed by atoms with Crippen LogP contribution in [0.1, 0.15) is 36.4 Å². The summed E-state index contributed by atoms with van der Waals surface area (Å²) in [5.74, 6) is 0. The lowest BCUT2D eigenvalue weighted by Gasteiger charge is -2.13. The highest BCUT2D eigenvalue weighted by atomic mass is 14.9. The summed E-state index contributed by atoms with van der Waals surface area (Å²) >= 11 is 0. The molecule has 0 spiro atoms. The van der Waals surface area contributed by atoms with Crippen molar-refractivity contribution in [1.82, 2.24) is 5.32 Å². The van der Waals surface area contributed by atoms with Gasteiger partial charge in [0, 0.05) is 11.7 Å². The molecule has 1 aromatic rings. The van der Waals surface area contributed by atoms with Crippen molar-refractivity contribution >= 4 is 5.69 Å². The number of hydrogen-bond donors (Lipinski definition) is 3. The first-order valence-electron chi connectivity index (χ1n) is 6.13. The van der Waals surface area contributed by atoms with Gasteiger partial charge in [-0.25, -0.2) is 0 Å². The fourth-order valence-corrected chi connectivity index (χ4v) is 2.40. The van der Waals surface area contributed by atoms with Crippen LogP contribution >= 0.6 is 0 Å². The second kappa shape index (κ2) is 5.32. The first kappa shape index (κ1) is 11.4. The number of nitrogens with two attached hydrogens (primary N) is 2. The molecule has 0 saturated heterocycles. The summed E-state index contributed by atoms with van der Waals surface area (Å²) in [6, 6.07) is 6.79. The zero-order valence-electron chi connectivity index (χ0n) is 9.71. The lowest BCUT2D eigenvalue weighted by Crippen LogP contribution is -2.21. The number of rotatable bonds is 5. The zero-order chi connectivity index (χ0) is 11.4. The van der Waals surface area contributed by atoms with Crippen LogP contribution in [0.3, 0.4) is 0 Å². The van der Waals surface area contributed by atoms with E-state index in [1.807, 2.05) is 6.07 Å². The Balaban J connectivity index is 1.91. The second-order valence-corrected chi connectivity index (χ2v) is 4.50.